The minimum absolute atomic E-state index is 0.119. The lowest BCUT2D eigenvalue weighted by atomic mass is 10.2. The van der Waals surface area contributed by atoms with Crippen molar-refractivity contribution >= 4 is 43.8 Å². The van der Waals surface area contributed by atoms with Crippen LogP contribution in [0.2, 0.25) is 0 Å². The maximum atomic E-state index is 11.2. The van der Waals surface area contributed by atoms with Crippen LogP contribution in [0.1, 0.15) is 15.9 Å². The number of rotatable bonds is 4. The first-order chi connectivity index (χ1) is 9.92. The minimum Gasteiger partial charge on any atom is -0.449 e. The molecule has 0 N–H and O–H groups in total. The van der Waals surface area contributed by atoms with Gasteiger partial charge in [-0.2, -0.15) is 0 Å². The Morgan fingerprint density at radius 2 is 1.90 bits per heavy atom. The molecule has 0 spiro atoms. The highest BCUT2D eigenvalue weighted by molar-refractivity contribution is 9.10. The van der Waals surface area contributed by atoms with Crippen molar-refractivity contribution in [3.8, 4) is 11.5 Å². The zero-order valence-corrected chi connectivity index (χ0v) is 14.0. The largest absolute Gasteiger partial charge is 0.449 e. The highest BCUT2D eigenvalue weighted by atomic mass is 79.9. The number of nitro groups is 1. The number of carbonyl (C=O) groups excluding carboxylic acids is 1. The Balaban J connectivity index is 2.54. The van der Waals surface area contributed by atoms with Gasteiger partial charge in [-0.25, -0.2) is 0 Å². The first-order valence-corrected chi connectivity index (χ1v) is 7.38. The Labute approximate surface area is 137 Å². The Bertz CT molecular complexity index is 731. The van der Waals surface area contributed by atoms with E-state index in [0.717, 1.165) is 4.47 Å². The van der Waals surface area contributed by atoms with E-state index in [1.54, 1.807) is 31.2 Å². The van der Waals surface area contributed by atoms with Crippen LogP contribution >= 0.6 is 31.9 Å². The summed E-state index contributed by atoms with van der Waals surface area (Å²) >= 11 is 6.47. The molecular formula is C14H9Br2NO4. The van der Waals surface area contributed by atoms with E-state index in [4.69, 9.17) is 4.74 Å². The molecule has 0 radical (unpaired) electrons. The van der Waals surface area contributed by atoms with Gasteiger partial charge >= 0.3 is 5.69 Å². The van der Waals surface area contributed by atoms with Gasteiger partial charge in [-0.05, 0) is 36.8 Å². The standard InChI is InChI=1S/C14H9Br2NO4/c1-8-4-11(16)6-12(17(19)20)14(8)21-13-3-2-10(15)5-9(13)7-18/h2-7H,1H3. The van der Waals surface area contributed by atoms with Crippen LogP contribution in [0.5, 0.6) is 11.5 Å². The van der Waals surface area contributed by atoms with Crippen LogP contribution in [-0.2, 0) is 0 Å². The molecule has 108 valence electrons. The van der Waals surface area contributed by atoms with Crippen molar-refractivity contribution in [2.24, 2.45) is 0 Å². The zero-order chi connectivity index (χ0) is 15.6. The van der Waals surface area contributed by atoms with Crippen LogP contribution < -0.4 is 4.74 Å². The number of ether oxygens (including phenoxy) is 1. The predicted molar refractivity (Wildman–Crippen MR) is 85.1 cm³/mol. The molecule has 21 heavy (non-hydrogen) atoms. The number of hydrogen-bond donors (Lipinski definition) is 0. The Morgan fingerprint density at radius 1 is 1.19 bits per heavy atom. The number of benzene rings is 2. The molecule has 0 aliphatic carbocycles. The van der Waals surface area contributed by atoms with Crippen molar-refractivity contribution < 1.29 is 14.5 Å². The fourth-order valence-electron chi connectivity index (χ4n) is 1.79. The van der Waals surface area contributed by atoms with Crippen molar-refractivity contribution in [2.45, 2.75) is 6.92 Å². The highest BCUT2D eigenvalue weighted by Crippen LogP contribution is 2.38. The van der Waals surface area contributed by atoms with Gasteiger partial charge in [0.1, 0.15) is 5.75 Å². The Hall–Kier alpha value is -1.73. The van der Waals surface area contributed by atoms with E-state index < -0.39 is 4.92 Å². The summed E-state index contributed by atoms with van der Waals surface area (Å²) in [5, 5.41) is 11.2. The predicted octanol–water partition coefficient (Wildman–Crippen LogP) is 5.03. The summed E-state index contributed by atoms with van der Waals surface area (Å²) in [6.45, 7) is 1.70. The number of nitro benzene ring substituents is 1. The van der Waals surface area contributed by atoms with E-state index in [-0.39, 0.29) is 17.2 Å². The zero-order valence-electron chi connectivity index (χ0n) is 10.8. The summed E-state index contributed by atoms with van der Waals surface area (Å²) < 4.78 is 6.93. The molecule has 2 rings (SSSR count). The van der Waals surface area contributed by atoms with Crippen LogP contribution in [0.4, 0.5) is 5.69 Å². The monoisotopic (exact) mass is 413 g/mol. The Kier molecular flexibility index (Phi) is 4.74. The van der Waals surface area contributed by atoms with Gasteiger partial charge in [0.15, 0.2) is 6.29 Å². The number of hydrogen-bond acceptors (Lipinski definition) is 4. The minimum atomic E-state index is -0.521. The fourth-order valence-corrected chi connectivity index (χ4v) is 2.73. The molecule has 5 nitrogen and oxygen atoms in total. The van der Waals surface area contributed by atoms with E-state index in [2.05, 4.69) is 31.9 Å². The second-order valence-electron chi connectivity index (χ2n) is 4.23. The molecule has 0 saturated carbocycles. The first kappa shape index (κ1) is 15.7. The molecule has 0 atom stereocenters. The van der Waals surface area contributed by atoms with Crippen LogP contribution in [0, 0.1) is 17.0 Å². The number of nitrogens with zero attached hydrogens (tertiary/aromatic N) is 1. The smallest absolute Gasteiger partial charge is 0.312 e. The second-order valence-corrected chi connectivity index (χ2v) is 6.06. The third-order valence-electron chi connectivity index (χ3n) is 2.73. The third-order valence-corrected chi connectivity index (χ3v) is 3.68. The van der Waals surface area contributed by atoms with Gasteiger partial charge in [0.25, 0.3) is 0 Å². The maximum absolute atomic E-state index is 11.2. The lowest BCUT2D eigenvalue weighted by Crippen LogP contribution is -1.98. The first-order valence-electron chi connectivity index (χ1n) is 5.79. The van der Waals surface area contributed by atoms with E-state index >= 15 is 0 Å². The van der Waals surface area contributed by atoms with Gasteiger partial charge in [-0.3, -0.25) is 14.9 Å². The molecule has 0 fully saturated rings. The molecule has 2 aromatic rings. The van der Waals surface area contributed by atoms with Gasteiger partial charge < -0.3 is 4.74 Å². The molecule has 0 bridgehead atoms. The van der Waals surface area contributed by atoms with Crippen molar-refractivity contribution in [3.63, 3.8) is 0 Å². The van der Waals surface area contributed by atoms with Crippen molar-refractivity contribution in [3.05, 3.63) is 60.5 Å². The highest BCUT2D eigenvalue weighted by Gasteiger charge is 2.20. The van der Waals surface area contributed by atoms with Gasteiger partial charge in [0.2, 0.25) is 5.75 Å². The van der Waals surface area contributed by atoms with Crippen LogP contribution in [0.3, 0.4) is 0 Å². The van der Waals surface area contributed by atoms with Gasteiger partial charge in [-0.15, -0.1) is 0 Å². The summed E-state index contributed by atoms with van der Waals surface area (Å²) in [6, 6.07) is 7.94. The SMILES string of the molecule is Cc1cc(Br)cc([N+](=O)[O-])c1Oc1ccc(Br)cc1C=O. The van der Waals surface area contributed by atoms with E-state index in [1.807, 2.05) is 0 Å². The van der Waals surface area contributed by atoms with Crippen molar-refractivity contribution in [1.82, 2.24) is 0 Å². The summed E-state index contributed by atoms with van der Waals surface area (Å²) in [4.78, 5) is 21.7. The van der Waals surface area contributed by atoms with Crippen LogP contribution in [-0.4, -0.2) is 11.2 Å². The number of aryl methyl sites for hydroxylation is 1. The van der Waals surface area contributed by atoms with Gasteiger partial charge in [0, 0.05) is 15.0 Å². The van der Waals surface area contributed by atoms with E-state index in [1.165, 1.54) is 6.07 Å². The normalized spacial score (nSPS) is 10.2. The van der Waals surface area contributed by atoms with Gasteiger partial charge in [-0.1, -0.05) is 31.9 Å². The van der Waals surface area contributed by atoms with E-state index in [0.29, 0.717) is 21.9 Å². The number of halogens is 2. The molecule has 0 aliphatic rings. The average molecular weight is 415 g/mol. The lowest BCUT2D eigenvalue weighted by Gasteiger charge is -2.11. The quantitative estimate of drug-likeness (QED) is 0.399. The van der Waals surface area contributed by atoms with Gasteiger partial charge in [0.05, 0.1) is 10.5 Å². The third kappa shape index (κ3) is 3.48. The van der Waals surface area contributed by atoms with Crippen LogP contribution in [0.25, 0.3) is 0 Å². The molecule has 0 amide bonds. The molecule has 0 aromatic heterocycles. The van der Waals surface area contributed by atoms with Crippen molar-refractivity contribution in [1.29, 1.82) is 0 Å². The lowest BCUT2D eigenvalue weighted by molar-refractivity contribution is -0.385. The summed E-state index contributed by atoms with van der Waals surface area (Å²) in [6.07, 6.45) is 0.639. The average Bonchev–Trinajstić information content (AvgIpc) is 2.42. The fraction of sp³-hybridized carbons (Fsp3) is 0.0714. The molecule has 0 saturated heterocycles. The summed E-state index contributed by atoms with van der Waals surface area (Å²) in [5.74, 6) is 0.385. The molecule has 7 heteroatoms. The maximum Gasteiger partial charge on any atom is 0.312 e. The summed E-state index contributed by atoms with van der Waals surface area (Å²) in [7, 11) is 0. The Morgan fingerprint density at radius 3 is 2.52 bits per heavy atom. The molecule has 0 unspecified atom stereocenters. The van der Waals surface area contributed by atoms with Crippen LogP contribution in [0.15, 0.2) is 39.3 Å². The molecule has 0 aliphatic heterocycles. The second kappa shape index (κ2) is 6.36. The van der Waals surface area contributed by atoms with Crippen molar-refractivity contribution in [2.75, 3.05) is 0 Å². The number of aldehydes is 1. The molecule has 2 aromatic carbocycles. The van der Waals surface area contributed by atoms with E-state index in [9.17, 15) is 14.9 Å². The topological polar surface area (TPSA) is 69.4 Å². The summed E-state index contributed by atoms with van der Waals surface area (Å²) in [5.41, 5.74) is 0.735. The molecule has 0 heterocycles. The molecular weight excluding hydrogens is 406 g/mol. The number of carbonyl (C=O) groups is 1.